The first-order valence-corrected chi connectivity index (χ1v) is 8.13. The van der Waals surface area contributed by atoms with E-state index in [-0.39, 0.29) is 5.75 Å². The highest BCUT2D eigenvalue weighted by Crippen LogP contribution is 2.25. The molecule has 24 heavy (non-hydrogen) atoms. The third kappa shape index (κ3) is 3.51. The molecule has 1 N–H and O–H groups in total. The zero-order valence-corrected chi connectivity index (χ0v) is 13.5. The Hall–Kier alpha value is -2.54. The summed E-state index contributed by atoms with van der Waals surface area (Å²) in [6, 6.07) is 10.9. The summed E-state index contributed by atoms with van der Waals surface area (Å²) in [5.74, 6) is -1.55. The first kappa shape index (κ1) is 16.3. The highest BCUT2D eigenvalue weighted by Gasteiger charge is 2.13. The van der Waals surface area contributed by atoms with Gasteiger partial charge in [0, 0.05) is 5.39 Å². The lowest BCUT2D eigenvalue weighted by molar-refractivity contribution is -0.113. The number of hydrogen-bond donors (Lipinski definition) is 1. The van der Waals surface area contributed by atoms with Gasteiger partial charge < -0.3 is 5.32 Å². The summed E-state index contributed by atoms with van der Waals surface area (Å²) in [4.78, 5) is 20.7. The number of para-hydroxylation sites is 2. The molecule has 3 rings (SSSR count). The molecule has 0 spiro atoms. The maximum absolute atomic E-state index is 13.6. The van der Waals surface area contributed by atoms with Gasteiger partial charge in [0.2, 0.25) is 5.91 Å². The van der Waals surface area contributed by atoms with Crippen molar-refractivity contribution in [1.29, 1.82) is 0 Å². The van der Waals surface area contributed by atoms with Crippen LogP contribution in [0.5, 0.6) is 0 Å². The van der Waals surface area contributed by atoms with Crippen LogP contribution in [0.4, 0.5) is 14.5 Å². The van der Waals surface area contributed by atoms with E-state index in [0.717, 1.165) is 23.0 Å². The topological polar surface area (TPSA) is 54.9 Å². The predicted molar refractivity (Wildman–Crippen MR) is 90.0 cm³/mol. The van der Waals surface area contributed by atoms with Crippen LogP contribution in [0.25, 0.3) is 10.9 Å². The number of hydrogen-bond acceptors (Lipinski definition) is 4. The number of benzene rings is 2. The van der Waals surface area contributed by atoms with Gasteiger partial charge in [0.05, 0.1) is 11.3 Å². The fourth-order valence-electron chi connectivity index (χ4n) is 2.20. The van der Waals surface area contributed by atoms with Gasteiger partial charge in [-0.25, -0.2) is 18.7 Å². The zero-order valence-electron chi connectivity index (χ0n) is 12.7. The van der Waals surface area contributed by atoms with E-state index in [9.17, 15) is 13.6 Å². The number of amides is 1. The quantitative estimate of drug-likeness (QED) is 0.575. The summed E-state index contributed by atoms with van der Waals surface area (Å²) in [5.41, 5.74) is 0.347. The Morgan fingerprint density at radius 3 is 2.54 bits per heavy atom. The van der Waals surface area contributed by atoms with Gasteiger partial charge >= 0.3 is 0 Å². The number of nitrogens with one attached hydrogen (secondary N) is 1. The summed E-state index contributed by atoms with van der Waals surface area (Å²) in [6.07, 6.45) is 0. The number of nitrogens with zero attached hydrogens (tertiary/aromatic N) is 2. The first-order valence-electron chi connectivity index (χ1n) is 7.14. The molecule has 1 heterocycles. The van der Waals surface area contributed by atoms with Crippen LogP contribution in [-0.4, -0.2) is 21.6 Å². The van der Waals surface area contributed by atoms with Crippen LogP contribution in [0, 0.1) is 18.6 Å². The molecule has 0 unspecified atom stereocenters. The molecule has 0 saturated heterocycles. The number of carbonyl (C=O) groups is 1. The second-order valence-electron chi connectivity index (χ2n) is 5.03. The average Bonchev–Trinajstić information content (AvgIpc) is 2.56. The molecule has 1 amide bonds. The molecule has 1 aromatic heterocycles. The van der Waals surface area contributed by atoms with E-state index < -0.39 is 23.2 Å². The van der Waals surface area contributed by atoms with Crippen LogP contribution in [0.1, 0.15) is 5.82 Å². The number of fused-ring (bicyclic) bond motifs is 1. The van der Waals surface area contributed by atoms with Crippen molar-refractivity contribution in [1.82, 2.24) is 9.97 Å². The Bertz CT molecular complexity index is 897. The molecule has 0 aliphatic heterocycles. The van der Waals surface area contributed by atoms with Gasteiger partial charge in [-0.3, -0.25) is 4.79 Å². The Morgan fingerprint density at radius 1 is 1.08 bits per heavy atom. The molecule has 0 atom stereocenters. The Morgan fingerprint density at radius 2 is 1.79 bits per heavy atom. The average molecular weight is 345 g/mol. The van der Waals surface area contributed by atoms with E-state index in [1.807, 2.05) is 24.3 Å². The summed E-state index contributed by atoms with van der Waals surface area (Å²) in [7, 11) is 0. The molecule has 2 aromatic carbocycles. The minimum atomic E-state index is -0.809. The zero-order chi connectivity index (χ0) is 17.1. The van der Waals surface area contributed by atoms with Crippen molar-refractivity contribution in [3.63, 3.8) is 0 Å². The van der Waals surface area contributed by atoms with E-state index in [1.54, 1.807) is 6.92 Å². The Labute approximate surface area is 141 Å². The van der Waals surface area contributed by atoms with Gasteiger partial charge in [0.15, 0.2) is 0 Å². The molecule has 0 aliphatic carbocycles. The van der Waals surface area contributed by atoms with E-state index in [2.05, 4.69) is 15.3 Å². The Balaban J connectivity index is 1.75. The number of aryl methyl sites for hydroxylation is 1. The number of aromatic nitrogens is 2. The minimum Gasteiger partial charge on any atom is -0.320 e. The third-order valence-electron chi connectivity index (χ3n) is 3.25. The summed E-state index contributed by atoms with van der Waals surface area (Å²) >= 11 is 1.20. The monoisotopic (exact) mass is 345 g/mol. The number of halogens is 2. The van der Waals surface area contributed by atoms with Crippen molar-refractivity contribution < 1.29 is 13.6 Å². The maximum atomic E-state index is 13.6. The summed E-state index contributed by atoms with van der Waals surface area (Å²) in [5, 5.41) is 3.74. The lowest BCUT2D eigenvalue weighted by Crippen LogP contribution is -2.16. The first-order chi connectivity index (χ1) is 11.5. The molecule has 0 fully saturated rings. The Kier molecular flexibility index (Phi) is 4.71. The van der Waals surface area contributed by atoms with Gasteiger partial charge in [-0.05, 0) is 25.1 Å². The smallest absolute Gasteiger partial charge is 0.234 e. The van der Waals surface area contributed by atoms with Crippen LogP contribution < -0.4 is 5.32 Å². The molecule has 0 bridgehead atoms. The number of rotatable bonds is 4. The minimum absolute atomic E-state index is 0.0196. The molecule has 4 nitrogen and oxygen atoms in total. The molecule has 0 saturated carbocycles. The van der Waals surface area contributed by atoms with Crippen LogP contribution >= 0.6 is 11.8 Å². The van der Waals surface area contributed by atoms with Gasteiger partial charge in [-0.15, -0.1) is 0 Å². The predicted octanol–water partition coefficient (Wildman–Crippen LogP) is 3.95. The van der Waals surface area contributed by atoms with Gasteiger partial charge in [0.1, 0.15) is 28.2 Å². The van der Waals surface area contributed by atoms with Gasteiger partial charge in [0.25, 0.3) is 0 Å². The van der Waals surface area contributed by atoms with E-state index in [4.69, 9.17) is 0 Å². The maximum Gasteiger partial charge on any atom is 0.234 e. The number of carbonyl (C=O) groups excluding carboxylic acids is 1. The highest BCUT2D eigenvalue weighted by atomic mass is 32.2. The highest BCUT2D eigenvalue weighted by molar-refractivity contribution is 8.00. The standard InChI is InChI=1S/C17H13F2N3OS/c1-10-20-14-8-3-2-5-11(14)17(21-10)24-9-15(23)22-16-12(18)6-4-7-13(16)19/h2-8H,9H2,1H3,(H,22,23). The lowest BCUT2D eigenvalue weighted by Gasteiger charge is -2.08. The van der Waals surface area contributed by atoms with Crippen molar-refractivity contribution >= 4 is 34.3 Å². The van der Waals surface area contributed by atoms with Crippen LogP contribution in [-0.2, 0) is 4.79 Å². The fourth-order valence-corrected chi connectivity index (χ4v) is 3.06. The molecule has 0 aliphatic rings. The number of anilines is 1. The normalized spacial score (nSPS) is 10.8. The fraction of sp³-hybridized carbons (Fsp3) is 0.118. The van der Waals surface area contributed by atoms with Crippen molar-refractivity contribution in [3.05, 3.63) is 59.9 Å². The van der Waals surface area contributed by atoms with Gasteiger partial charge in [-0.1, -0.05) is 36.0 Å². The molecular weight excluding hydrogens is 332 g/mol. The summed E-state index contributed by atoms with van der Waals surface area (Å²) < 4.78 is 27.1. The second kappa shape index (κ2) is 6.92. The molecule has 7 heteroatoms. The molecule has 0 radical (unpaired) electrons. The SMILES string of the molecule is Cc1nc(SCC(=O)Nc2c(F)cccc2F)c2ccccc2n1. The van der Waals surface area contributed by atoms with E-state index >= 15 is 0 Å². The number of thioether (sulfide) groups is 1. The third-order valence-corrected chi connectivity index (χ3v) is 4.24. The van der Waals surface area contributed by atoms with E-state index in [1.165, 1.54) is 17.8 Å². The van der Waals surface area contributed by atoms with Crippen molar-refractivity contribution in [3.8, 4) is 0 Å². The second-order valence-corrected chi connectivity index (χ2v) is 5.99. The lowest BCUT2D eigenvalue weighted by atomic mass is 10.2. The van der Waals surface area contributed by atoms with Crippen molar-refractivity contribution in [2.75, 3.05) is 11.1 Å². The van der Waals surface area contributed by atoms with E-state index in [0.29, 0.717) is 10.9 Å². The molecular formula is C17H13F2N3OS. The van der Waals surface area contributed by atoms with Crippen LogP contribution in [0.2, 0.25) is 0 Å². The summed E-state index contributed by atoms with van der Waals surface area (Å²) in [6.45, 7) is 1.77. The molecule has 122 valence electrons. The van der Waals surface area contributed by atoms with Gasteiger partial charge in [-0.2, -0.15) is 0 Å². The van der Waals surface area contributed by atoms with Crippen molar-refractivity contribution in [2.24, 2.45) is 0 Å². The van der Waals surface area contributed by atoms with Crippen LogP contribution in [0.15, 0.2) is 47.5 Å². The van der Waals surface area contributed by atoms with Crippen molar-refractivity contribution in [2.45, 2.75) is 11.9 Å². The largest absolute Gasteiger partial charge is 0.320 e. The van der Waals surface area contributed by atoms with Crippen LogP contribution in [0.3, 0.4) is 0 Å². The molecule has 3 aromatic rings.